The number of unbranched alkanes of at least 4 members (excludes halogenated alkanes) is 1. The lowest BCUT2D eigenvalue weighted by Gasteiger charge is -2.13. The summed E-state index contributed by atoms with van der Waals surface area (Å²) < 4.78 is 26.9. The second-order valence-corrected chi connectivity index (χ2v) is 8.22. The van der Waals surface area contributed by atoms with Gasteiger partial charge >= 0.3 is 5.97 Å². The van der Waals surface area contributed by atoms with Crippen LogP contribution in [-0.2, 0) is 26.0 Å². The van der Waals surface area contributed by atoms with E-state index in [2.05, 4.69) is 10.0 Å². The molecule has 0 aliphatic heterocycles. The Kier molecular flexibility index (Phi) is 7.66. The number of hydrogen-bond acceptors (Lipinski definition) is 5. The maximum Gasteiger partial charge on any atom is 0.321 e. The summed E-state index contributed by atoms with van der Waals surface area (Å²) in [4.78, 5) is 22.8. The number of sulfonamides is 1. The van der Waals surface area contributed by atoms with Gasteiger partial charge in [-0.25, -0.2) is 8.42 Å². The third kappa shape index (κ3) is 6.67. The SMILES string of the molecule is CCCC[C@H](NS(=O)(=O)c1ccc(CCNC(C)=O)s1)C(=O)O. The van der Waals surface area contributed by atoms with Crippen molar-refractivity contribution >= 4 is 33.2 Å². The Bertz CT molecular complexity index is 639. The number of carboxylic acids is 1. The number of thiophene rings is 1. The number of nitrogens with one attached hydrogen (secondary N) is 2. The highest BCUT2D eigenvalue weighted by Gasteiger charge is 2.26. The number of amides is 1. The third-order valence-corrected chi connectivity index (χ3v) is 6.20. The molecule has 0 radical (unpaired) electrons. The number of aliphatic carboxylic acids is 1. The van der Waals surface area contributed by atoms with Gasteiger partial charge in [0.1, 0.15) is 10.3 Å². The van der Waals surface area contributed by atoms with Crippen molar-refractivity contribution in [2.75, 3.05) is 6.54 Å². The molecule has 0 bridgehead atoms. The van der Waals surface area contributed by atoms with E-state index in [1.54, 1.807) is 6.07 Å². The topological polar surface area (TPSA) is 113 Å². The van der Waals surface area contributed by atoms with Crippen LogP contribution in [0.15, 0.2) is 16.3 Å². The molecule has 1 atom stereocenters. The molecular formula is C14H22N2O5S2. The first-order valence-electron chi connectivity index (χ1n) is 7.34. The molecule has 1 heterocycles. The van der Waals surface area contributed by atoms with Gasteiger partial charge in [0.15, 0.2) is 0 Å². The van der Waals surface area contributed by atoms with Gasteiger partial charge in [0.05, 0.1) is 0 Å². The van der Waals surface area contributed by atoms with Crippen molar-refractivity contribution in [2.45, 2.75) is 49.8 Å². The van der Waals surface area contributed by atoms with Gasteiger partial charge < -0.3 is 10.4 Å². The zero-order valence-corrected chi connectivity index (χ0v) is 14.8. The summed E-state index contributed by atoms with van der Waals surface area (Å²) in [7, 11) is -3.86. The molecular weight excluding hydrogens is 340 g/mol. The average molecular weight is 362 g/mol. The Morgan fingerprint density at radius 3 is 2.61 bits per heavy atom. The fourth-order valence-corrected chi connectivity index (χ4v) is 4.48. The number of carbonyl (C=O) groups excluding carboxylic acids is 1. The van der Waals surface area contributed by atoms with Crippen molar-refractivity contribution in [2.24, 2.45) is 0 Å². The van der Waals surface area contributed by atoms with Crippen molar-refractivity contribution in [3.8, 4) is 0 Å². The molecule has 0 spiro atoms. The first-order chi connectivity index (χ1) is 10.8. The molecule has 9 heteroatoms. The number of carbonyl (C=O) groups is 2. The molecule has 0 fully saturated rings. The lowest BCUT2D eigenvalue weighted by atomic mass is 10.1. The van der Waals surface area contributed by atoms with E-state index in [9.17, 15) is 18.0 Å². The summed E-state index contributed by atoms with van der Waals surface area (Å²) in [6, 6.07) is 2.00. The van der Waals surface area contributed by atoms with Crippen molar-refractivity contribution in [1.29, 1.82) is 0 Å². The van der Waals surface area contributed by atoms with Crippen LogP contribution in [0.4, 0.5) is 0 Å². The highest BCUT2D eigenvalue weighted by atomic mass is 32.2. The second kappa shape index (κ2) is 8.99. The third-order valence-electron chi connectivity index (χ3n) is 3.09. The predicted molar refractivity (Wildman–Crippen MR) is 88.0 cm³/mol. The molecule has 0 unspecified atom stereocenters. The van der Waals surface area contributed by atoms with Crippen molar-refractivity contribution in [3.05, 3.63) is 17.0 Å². The fourth-order valence-electron chi connectivity index (χ4n) is 1.89. The number of rotatable bonds is 10. The van der Waals surface area contributed by atoms with Gasteiger partial charge in [-0.2, -0.15) is 4.72 Å². The van der Waals surface area contributed by atoms with Crippen LogP contribution in [0, 0.1) is 0 Å². The van der Waals surface area contributed by atoms with E-state index in [-0.39, 0.29) is 16.5 Å². The van der Waals surface area contributed by atoms with Crippen LogP contribution < -0.4 is 10.0 Å². The zero-order valence-electron chi connectivity index (χ0n) is 13.2. The van der Waals surface area contributed by atoms with E-state index in [0.29, 0.717) is 19.4 Å². The zero-order chi connectivity index (χ0) is 17.5. The molecule has 0 aliphatic rings. The summed E-state index contributed by atoms with van der Waals surface area (Å²) in [5.74, 6) is -1.32. The summed E-state index contributed by atoms with van der Waals surface area (Å²) in [5, 5.41) is 11.8. The molecule has 3 N–H and O–H groups in total. The monoisotopic (exact) mass is 362 g/mol. The minimum atomic E-state index is -3.86. The number of hydrogen-bond donors (Lipinski definition) is 3. The van der Waals surface area contributed by atoms with Crippen molar-refractivity contribution < 1.29 is 23.1 Å². The molecule has 1 amide bonds. The molecule has 23 heavy (non-hydrogen) atoms. The van der Waals surface area contributed by atoms with Gasteiger partial charge in [-0.3, -0.25) is 9.59 Å². The Balaban J connectivity index is 2.73. The lowest BCUT2D eigenvalue weighted by molar-refractivity contribution is -0.139. The summed E-state index contributed by atoms with van der Waals surface area (Å²) in [6.07, 6.45) is 2.20. The van der Waals surface area contributed by atoms with E-state index >= 15 is 0 Å². The molecule has 0 aliphatic carbocycles. The molecule has 0 saturated heterocycles. The van der Waals surface area contributed by atoms with E-state index in [1.807, 2.05) is 6.92 Å². The van der Waals surface area contributed by atoms with Crippen LogP contribution >= 0.6 is 11.3 Å². The van der Waals surface area contributed by atoms with E-state index < -0.39 is 22.0 Å². The minimum Gasteiger partial charge on any atom is -0.480 e. The lowest BCUT2D eigenvalue weighted by Crippen LogP contribution is -2.40. The van der Waals surface area contributed by atoms with Gasteiger partial charge in [0.25, 0.3) is 10.0 Å². The molecule has 0 saturated carbocycles. The Labute approximate surface area is 140 Å². The summed E-state index contributed by atoms with van der Waals surface area (Å²) >= 11 is 1.07. The Morgan fingerprint density at radius 1 is 1.35 bits per heavy atom. The first kappa shape index (κ1) is 19.6. The maximum absolute atomic E-state index is 12.3. The molecule has 0 aromatic carbocycles. The van der Waals surface area contributed by atoms with Gasteiger partial charge in [0.2, 0.25) is 5.91 Å². The van der Waals surface area contributed by atoms with Crippen LogP contribution in [0.3, 0.4) is 0 Å². The van der Waals surface area contributed by atoms with Gasteiger partial charge in [-0.15, -0.1) is 11.3 Å². The normalized spacial score (nSPS) is 12.8. The van der Waals surface area contributed by atoms with Crippen molar-refractivity contribution in [1.82, 2.24) is 10.0 Å². The molecule has 130 valence electrons. The van der Waals surface area contributed by atoms with Gasteiger partial charge in [-0.1, -0.05) is 19.8 Å². The molecule has 1 aromatic heterocycles. The van der Waals surface area contributed by atoms with E-state index in [0.717, 1.165) is 22.6 Å². The van der Waals surface area contributed by atoms with Gasteiger partial charge in [0, 0.05) is 18.3 Å². The first-order valence-corrected chi connectivity index (χ1v) is 9.64. The van der Waals surface area contributed by atoms with Crippen LogP contribution in [-0.4, -0.2) is 38.0 Å². The summed E-state index contributed by atoms with van der Waals surface area (Å²) in [6.45, 7) is 3.75. The predicted octanol–water partition coefficient (Wildman–Crippen LogP) is 1.35. The van der Waals surface area contributed by atoms with Crippen LogP contribution in [0.2, 0.25) is 0 Å². The minimum absolute atomic E-state index is 0.0815. The van der Waals surface area contributed by atoms with Crippen LogP contribution in [0.5, 0.6) is 0 Å². The van der Waals surface area contributed by atoms with E-state index in [4.69, 9.17) is 5.11 Å². The Hall–Kier alpha value is -1.45. The maximum atomic E-state index is 12.3. The largest absolute Gasteiger partial charge is 0.480 e. The molecule has 1 rings (SSSR count). The molecule has 7 nitrogen and oxygen atoms in total. The molecule has 1 aromatic rings. The van der Waals surface area contributed by atoms with Crippen LogP contribution in [0.1, 0.15) is 38.0 Å². The highest BCUT2D eigenvalue weighted by molar-refractivity contribution is 7.91. The highest BCUT2D eigenvalue weighted by Crippen LogP contribution is 2.22. The summed E-state index contributed by atoms with van der Waals surface area (Å²) in [5.41, 5.74) is 0. The standard InChI is InChI=1S/C14H22N2O5S2/c1-3-4-5-12(14(18)19)16-23(20,21)13-7-6-11(22-13)8-9-15-10(2)17/h6-7,12,16H,3-5,8-9H2,1-2H3,(H,15,17)(H,18,19)/t12-/m0/s1. The Morgan fingerprint density at radius 2 is 2.04 bits per heavy atom. The smallest absolute Gasteiger partial charge is 0.321 e. The average Bonchev–Trinajstić information content (AvgIpc) is 2.92. The van der Waals surface area contributed by atoms with Crippen molar-refractivity contribution in [3.63, 3.8) is 0 Å². The fraction of sp³-hybridized carbons (Fsp3) is 0.571. The van der Waals surface area contributed by atoms with Gasteiger partial charge in [-0.05, 0) is 25.0 Å². The van der Waals surface area contributed by atoms with Crippen LogP contribution in [0.25, 0.3) is 0 Å². The second-order valence-electron chi connectivity index (χ2n) is 5.11. The van der Waals surface area contributed by atoms with E-state index in [1.165, 1.54) is 13.0 Å². The number of carboxylic acid groups (broad SMARTS) is 1. The quantitative estimate of drug-likeness (QED) is 0.581.